The molecular weight excluding hydrogens is 216 g/mol. The summed E-state index contributed by atoms with van der Waals surface area (Å²) in [6.07, 6.45) is -1.15. The number of para-hydroxylation sites is 1. The Labute approximate surface area is 91.1 Å². The maximum atomic E-state index is 12.9. The van der Waals surface area contributed by atoms with Crippen LogP contribution in [0, 0.1) is 0 Å². The number of rotatable bonds is 2. The lowest BCUT2D eigenvalue weighted by Gasteiger charge is -2.10. The predicted octanol–water partition coefficient (Wildman–Crippen LogP) is 2.04. The van der Waals surface area contributed by atoms with Crippen molar-refractivity contribution in [2.24, 2.45) is 5.73 Å². The van der Waals surface area contributed by atoms with E-state index in [1.807, 2.05) is 0 Å². The molecule has 86 valence electrons. The fourth-order valence-electron chi connectivity index (χ4n) is 1.88. The van der Waals surface area contributed by atoms with Crippen LogP contribution in [0.5, 0.6) is 11.5 Å². The van der Waals surface area contributed by atoms with Crippen LogP contribution in [-0.4, -0.2) is 11.8 Å². The quantitative estimate of drug-likeness (QED) is 0.840. The summed E-state index contributed by atoms with van der Waals surface area (Å²) < 4.78 is 34.6. The molecule has 0 amide bonds. The van der Waals surface area contributed by atoms with Crippen LogP contribution in [0.15, 0.2) is 18.2 Å². The number of hydrogen-bond donors (Lipinski definition) is 1. The highest BCUT2D eigenvalue weighted by Crippen LogP contribution is 2.46. The summed E-state index contributed by atoms with van der Waals surface area (Å²) >= 11 is 0. The summed E-state index contributed by atoms with van der Waals surface area (Å²) in [5, 5.41) is 0. The van der Waals surface area contributed by atoms with E-state index in [9.17, 15) is 8.78 Å². The van der Waals surface area contributed by atoms with Crippen LogP contribution in [-0.2, 0) is 6.42 Å². The molecule has 0 spiro atoms. The van der Waals surface area contributed by atoms with Gasteiger partial charge in [0, 0.05) is 11.1 Å². The molecule has 3 nitrogen and oxygen atoms in total. The van der Waals surface area contributed by atoms with Crippen LogP contribution >= 0.6 is 0 Å². The van der Waals surface area contributed by atoms with Gasteiger partial charge in [0.2, 0.25) is 0 Å². The van der Waals surface area contributed by atoms with Crippen molar-refractivity contribution >= 4 is 0 Å². The monoisotopic (exact) mass is 227 g/mol. The number of ether oxygens (including phenoxy) is 2. The number of halogens is 2. The number of alkyl halides is 2. The number of hydrogen-bond acceptors (Lipinski definition) is 3. The zero-order valence-electron chi connectivity index (χ0n) is 8.50. The van der Waals surface area contributed by atoms with Gasteiger partial charge in [-0.15, -0.1) is 8.78 Å². The predicted molar refractivity (Wildman–Crippen MR) is 52.5 cm³/mol. The Hall–Kier alpha value is -1.36. The Bertz CT molecular complexity index is 444. The third-order valence-corrected chi connectivity index (χ3v) is 2.94. The molecule has 0 aromatic heterocycles. The first-order valence-corrected chi connectivity index (χ1v) is 5.14. The van der Waals surface area contributed by atoms with Crippen LogP contribution in [0.25, 0.3) is 0 Å². The highest BCUT2D eigenvalue weighted by atomic mass is 19.3. The van der Waals surface area contributed by atoms with Crippen molar-refractivity contribution in [3.05, 3.63) is 23.8 Å². The largest absolute Gasteiger partial charge is 0.586 e. The first-order valence-electron chi connectivity index (χ1n) is 5.14. The van der Waals surface area contributed by atoms with E-state index < -0.39 is 6.29 Å². The van der Waals surface area contributed by atoms with E-state index in [-0.39, 0.29) is 17.0 Å². The third-order valence-electron chi connectivity index (χ3n) is 2.94. The summed E-state index contributed by atoms with van der Waals surface area (Å²) in [5.74, 6) is 0.218. The lowest BCUT2D eigenvalue weighted by atomic mass is 10.0. The highest BCUT2D eigenvalue weighted by molar-refractivity contribution is 5.49. The van der Waals surface area contributed by atoms with Gasteiger partial charge in [-0.3, -0.25) is 0 Å². The molecular formula is C11H11F2NO2. The standard InChI is InChI=1S/C11H11F2NO2/c12-11(13)15-8-3-1-2-7(9(8)16-11)6-10(14)4-5-10/h1-3H,4-6,14H2. The van der Waals surface area contributed by atoms with E-state index >= 15 is 0 Å². The van der Waals surface area contributed by atoms with Crippen molar-refractivity contribution in [1.29, 1.82) is 0 Å². The molecule has 3 rings (SSSR count). The molecule has 0 atom stereocenters. The molecule has 16 heavy (non-hydrogen) atoms. The minimum absolute atomic E-state index is 0.0896. The molecule has 5 heteroatoms. The molecule has 1 aromatic rings. The Balaban J connectivity index is 1.93. The van der Waals surface area contributed by atoms with E-state index in [2.05, 4.69) is 9.47 Å². The molecule has 0 bridgehead atoms. The van der Waals surface area contributed by atoms with Crippen molar-refractivity contribution in [3.63, 3.8) is 0 Å². The molecule has 1 aliphatic carbocycles. The van der Waals surface area contributed by atoms with Gasteiger partial charge in [-0.2, -0.15) is 0 Å². The summed E-state index contributed by atoms with van der Waals surface area (Å²) in [6.45, 7) is 0. The summed E-state index contributed by atoms with van der Waals surface area (Å²) in [6, 6.07) is 4.89. The van der Waals surface area contributed by atoms with Crippen LogP contribution in [0.3, 0.4) is 0 Å². The number of fused-ring (bicyclic) bond motifs is 1. The molecule has 0 saturated heterocycles. The summed E-state index contributed by atoms with van der Waals surface area (Å²) in [7, 11) is 0. The first kappa shape index (κ1) is 9.84. The van der Waals surface area contributed by atoms with Gasteiger partial charge >= 0.3 is 6.29 Å². The Morgan fingerprint density at radius 1 is 1.25 bits per heavy atom. The molecule has 1 aromatic carbocycles. The third kappa shape index (κ3) is 1.61. The van der Waals surface area contributed by atoms with Gasteiger partial charge < -0.3 is 15.2 Å². The average Bonchev–Trinajstić information content (AvgIpc) is 2.78. The lowest BCUT2D eigenvalue weighted by Crippen LogP contribution is -2.27. The van der Waals surface area contributed by atoms with Gasteiger partial charge in [-0.05, 0) is 25.3 Å². The SMILES string of the molecule is NC1(Cc2cccc3c2OC(F)(F)O3)CC1. The molecule has 2 aliphatic rings. The fraction of sp³-hybridized carbons (Fsp3) is 0.455. The van der Waals surface area contributed by atoms with E-state index in [1.165, 1.54) is 6.07 Å². The van der Waals surface area contributed by atoms with Crippen molar-refractivity contribution < 1.29 is 18.3 Å². The molecule has 1 heterocycles. The van der Waals surface area contributed by atoms with E-state index in [4.69, 9.17) is 5.73 Å². The lowest BCUT2D eigenvalue weighted by molar-refractivity contribution is -0.286. The van der Waals surface area contributed by atoms with Crippen LogP contribution in [0.1, 0.15) is 18.4 Å². The van der Waals surface area contributed by atoms with Gasteiger partial charge in [0.15, 0.2) is 11.5 Å². The van der Waals surface area contributed by atoms with E-state index in [0.29, 0.717) is 12.0 Å². The average molecular weight is 227 g/mol. The fourth-order valence-corrected chi connectivity index (χ4v) is 1.88. The van der Waals surface area contributed by atoms with E-state index in [1.54, 1.807) is 12.1 Å². The van der Waals surface area contributed by atoms with Gasteiger partial charge in [0.25, 0.3) is 0 Å². The second-order valence-corrected chi connectivity index (χ2v) is 4.45. The molecule has 0 unspecified atom stereocenters. The van der Waals surface area contributed by atoms with Gasteiger partial charge in [-0.25, -0.2) is 0 Å². The minimum Gasteiger partial charge on any atom is -0.395 e. The van der Waals surface area contributed by atoms with Crippen molar-refractivity contribution in [2.75, 3.05) is 0 Å². The Morgan fingerprint density at radius 3 is 2.69 bits per heavy atom. The summed E-state index contributed by atoms with van der Waals surface area (Å²) in [5.41, 5.74) is 6.41. The van der Waals surface area contributed by atoms with Gasteiger partial charge in [0.1, 0.15) is 0 Å². The van der Waals surface area contributed by atoms with Crippen LogP contribution in [0.4, 0.5) is 8.78 Å². The van der Waals surface area contributed by atoms with Crippen LogP contribution in [0.2, 0.25) is 0 Å². The smallest absolute Gasteiger partial charge is 0.395 e. The second kappa shape index (κ2) is 2.85. The number of benzene rings is 1. The zero-order valence-corrected chi connectivity index (χ0v) is 8.50. The van der Waals surface area contributed by atoms with E-state index in [0.717, 1.165) is 12.8 Å². The molecule has 0 radical (unpaired) electrons. The van der Waals surface area contributed by atoms with Crippen molar-refractivity contribution in [2.45, 2.75) is 31.1 Å². The number of nitrogens with two attached hydrogens (primary N) is 1. The minimum atomic E-state index is -3.55. The first-order chi connectivity index (χ1) is 7.48. The summed E-state index contributed by atoms with van der Waals surface area (Å²) in [4.78, 5) is 0. The topological polar surface area (TPSA) is 44.5 Å². The molecule has 2 N–H and O–H groups in total. The molecule has 1 aliphatic heterocycles. The van der Waals surface area contributed by atoms with Crippen LogP contribution < -0.4 is 15.2 Å². The molecule has 1 saturated carbocycles. The maximum Gasteiger partial charge on any atom is 0.586 e. The van der Waals surface area contributed by atoms with Gasteiger partial charge in [0.05, 0.1) is 0 Å². The zero-order chi connectivity index (χ0) is 11.4. The maximum absolute atomic E-state index is 12.9. The van der Waals surface area contributed by atoms with Crippen molar-refractivity contribution in [1.82, 2.24) is 0 Å². The second-order valence-electron chi connectivity index (χ2n) is 4.45. The molecule has 1 fully saturated rings. The Morgan fingerprint density at radius 2 is 2.00 bits per heavy atom. The van der Waals surface area contributed by atoms with Crippen molar-refractivity contribution in [3.8, 4) is 11.5 Å². The van der Waals surface area contributed by atoms with Gasteiger partial charge in [-0.1, -0.05) is 12.1 Å². The Kier molecular flexibility index (Phi) is 1.75. The normalized spacial score (nSPS) is 23.2. The highest BCUT2D eigenvalue weighted by Gasteiger charge is 2.46.